The topological polar surface area (TPSA) is 84.2 Å². The molecule has 2 amide bonds. The molecule has 2 N–H and O–H groups in total. The molecule has 4 rings (SSSR count). The fourth-order valence-electron chi connectivity index (χ4n) is 2.32. The predicted octanol–water partition coefficient (Wildman–Crippen LogP) is 3.83. The highest BCUT2D eigenvalue weighted by molar-refractivity contribution is 8.18. The Morgan fingerprint density at radius 3 is 3.00 bits per heavy atom. The minimum Gasteiger partial charge on any atom is -0.454 e. The lowest BCUT2D eigenvalue weighted by atomic mass is 10.3. The SMILES string of the molecule is O=C1NC(=O)/C(=C\c2cc3cncc(NCc4cccs4)c3o2)S1. The summed E-state index contributed by atoms with van der Waals surface area (Å²) in [6.45, 7) is 0.683. The summed E-state index contributed by atoms with van der Waals surface area (Å²) in [4.78, 5) is 28.6. The highest BCUT2D eigenvalue weighted by Crippen LogP contribution is 2.30. The van der Waals surface area contributed by atoms with E-state index in [-0.39, 0.29) is 5.24 Å². The first-order chi connectivity index (χ1) is 11.7. The number of rotatable bonds is 4. The third kappa shape index (κ3) is 2.93. The second kappa shape index (κ2) is 6.14. The van der Waals surface area contributed by atoms with Crippen molar-refractivity contribution in [2.24, 2.45) is 0 Å². The summed E-state index contributed by atoms with van der Waals surface area (Å²) in [5, 5.41) is 8.01. The van der Waals surface area contributed by atoms with Crippen molar-refractivity contribution in [2.75, 3.05) is 5.32 Å². The Balaban J connectivity index is 1.63. The first-order valence-electron chi connectivity index (χ1n) is 7.08. The standard InChI is InChI=1S/C16H11N3O3S2/c20-15-13(24-16(21)19-15)5-10-4-9-6-17-8-12(14(9)22-10)18-7-11-2-1-3-23-11/h1-6,8,18H,7H2,(H,19,20,21)/b13-5+. The first kappa shape index (κ1) is 15.0. The van der Waals surface area contributed by atoms with Crippen LogP contribution in [-0.4, -0.2) is 16.1 Å². The smallest absolute Gasteiger partial charge is 0.290 e. The van der Waals surface area contributed by atoms with Crippen LogP contribution >= 0.6 is 23.1 Å². The van der Waals surface area contributed by atoms with Crippen molar-refractivity contribution in [3.8, 4) is 0 Å². The van der Waals surface area contributed by atoms with E-state index < -0.39 is 5.91 Å². The van der Waals surface area contributed by atoms with Gasteiger partial charge in [0.1, 0.15) is 5.76 Å². The normalized spacial score (nSPS) is 16.1. The highest BCUT2D eigenvalue weighted by Gasteiger charge is 2.25. The Morgan fingerprint density at radius 1 is 1.33 bits per heavy atom. The van der Waals surface area contributed by atoms with Gasteiger partial charge in [-0.2, -0.15) is 0 Å². The van der Waals surface area contributed by atoms with Gasteiger partial charge in [-0.3, -0.25) is 19.9 Å². The zero-order valence-electron chi connectivity index (χ0n) is 12.2. The quantitative estimate of drug-likeness (QED) is 0.691. The number of fused-ring (bicyclic) bond motifs is 1. The molecule has 3 aromatic rings. The summed E-state index contributed by atoms with van der Waals surface area (Å²) in [5.74, 6) is 0.101. The number of hydrogen-bond donors (Lipinski definition) is 2. The minimum absolute atomic E-state index is 0.320. The molecule has 3 aromatic heterocycles. The number of anilines is 1. The third-order valence-electron chi connectivity index (χ3n) is 3.39. The van der Waals surface area contributed by atoms with Gasteiger partial charge in [0, 0.05) is 29.1 Å². The van der Waals surface area contributed by atoms with Crippen molar-refractivity contribution in [3.05, 3.63) is 51.5 Å². The number of hydrogen-bond acceptors (Lipinski definition) is 7. The van der Waals surface area contributed by atoms with Gasteiger partial charge >= 0.3 is 0 Å². The van der Waals surface area contributed by atoms with Crippen LogP contribution in [0.25, 0.3) is 17.0 Å². The molecular formula is C16H11N3O3S2. The summed E-state index contributed by atoms with van der Waals surface area (Å²) in [5.41, 5.74) is 1.45. The van der Waals surface area contributed by atoms with Gasteiger partial charge in [0.05, 0.1) is 16.8 Å². The number of pyridine rings is 1. The van der Waals surface area contributed by atoms with Crippen molar-refractivity contribution in [1.29, 1.82) is 0 Å². The van der Waals surface area contributed by atoms with Crippen molar-refractivity contribution >= 4 is 57.0 Å². The number of thiophene rings is 1. The molecule has 8 heteroatoms. The van der Waals surface area contributed by atoms with Gasteiger partial charge in [-0.25, -0.2) is 0 Å². The summed E-state index contributed by atoms with van der Waals surface area (Å²) in [7, 11) is 0. The number of furan rings is 1. The molecule has 4 heterocycles. The van der Waals surface area contributed by atoms with E-state index >= 15 is 0 Å². The molecule has 120 valence electrons. The minimum atomic E-state index is -0.403. The van der Waals surface area contributed by atoms with E-state index in [9.17, 15) is 9.59 Å². The first-order valence-corrected chi connectivity index (χ1v) is 8.77. The maximum absolute atomic E-state index is 11.6. The Kier molecular flexibility index (Phi) is 3.83. The number of nitrogens with one attached hydrogen (secondary N) is 2. The van der Waals surface area contributed by atoms with Gasteiger partial charge in [-0.15, -0.1) is 11.3 Å². The number of carbonyl (C=O) groups excluding carboxylic acids is 2. The Morgan fingerprint density at radius 2 is 2.25 bits per heavy atom. The van der Waals surface area contributed by atoms with E-state index in [2.05, 4.69) is 21.7 Å². The summed E-state index contributed by atoms with van der Waals surface area (Å²) >= 11 is 2.54. The summed E-state index contributed by atoms with van der Waals surface area (Å²) in [6.07, 6.45) is 4.97. The third-order valence-corrected chi connectivity index (χ3v) is 5.08. The largest absolute Gasteiger partial charge is 0.454 e. The number of imide groups is 1. The molecule has 1 aliphatic rings. The second-order valence-electron chi connectivity index (χ2n) is 5.04. The number of carbonyl (C=O) groups is 2. The van der Waals surface area contributed by atoms with Crippen molar-refractivity contribution in [2.45, 2.75) is 6.54 Å². The van der Waals surface area contributed by atoms with Crippen molar-refractivity contribution in [3.63, 3.8) is 0 Å². The van der Waals surface area contributed by atoms with Gasteiger partial charge in [0.15, 0.2) is 5.58 Å². The predicted molar refractivity (Wildman–Crippen MR) is 94.8 cm³/mol. The van der Waals surface area contributed by atoms with Crippen molar-refractivity contribution < 1.29 is 14.0 Å². The van der Waals surface area contributed by atoms with Crippen LogP contribution in [0.2, 0.25) is 0 Å². The van der Waals surface area contributed by atoms with Crippen LogP contribution in [0.3, 0.4) is 0 Å². The van der Waals surface area contributed by atoms with Gasteiger partial charge in [0.25, 0.3) is 11.1 Å². The fourth-order valence-corrected chi connectivity index (χ4v) is 3.63. The molecular weight excluding hydrogens is 346 g/mol. The molecule has 0 spiro atoms. The molecule has 1 saturated heterocycles. The lowest BCUT2D eigenvalue weighted by Crippen LogP contribution is -2.17. The lowest BCUT2D eigenvalue weighted by molar-refractivity contribution is -0.115. The van der Waals surface area contributed by atoms with E-state index in [1.165, 1.54) is 4.88 Å². The van der Waals surface area contributed by atoms with Gasteiger partial charge in [-0.05, 0) is 29.3 Å². The van der Waals surface area contributed by atoms with E-state index in [1.54, 1.807) is 35.9 Å². The molecule has 0 unspecified atom stereocenters. The molecule has 0 radical (unpaired) electrons. The fraction of sp³-hybridized carbons (Fsp3) is 0.0625. The molecule has 0 aromatic carbocycles. The Labute approximate surface area is 144 Å². The van der Waals surface area contributed by atoms with Gasteiger partial charge in [-0.1, -0.05) is 6.07 Å². The van der Waals surface area contributed by atoms with Crippen LogP contribution in [-0.2, 0) is 11.3 Å². The van der Waals surface area contributed by atoms with E-state index in [0.29, 0.717) is 22.8 Å². The molecule has 1 aliphatic heterocycles. The maximum Gasteiger partial charge on any atom is 0.290 e. The average Bonchev–Trinajstić information content (AvgIpc) is 3.26. The summed E-state index contributed by atoms with van der Waals surface area (Å²) in [6, 6.07) is 5.85. The average molecular weight is 357 g/mol. The molecule has 0 bridgehead atoms. The monoisotopic (exact) mass is 357 g/mol. The second-order valence-corrected chi connectivity index (χ2v) is 7.09. The number of thioether (sulfide) groups is 1. The van der Waals surface area contributed by atoms with Crippen LogP contribution in [0.1, 0.15) is 10.6 Å². The zero-order valence-corrected chi connectivity index (χ0v) is 13.9. The number of amides is 2. The molecule has 6 nitrogen and oxygen atoms in total. The van der Waals surface area contributed by atoms with E-state index in [0.717, 1.165) is 22.8 Å². The van der Waals surface area contributed by atoms with E-state index in [1.807, 2.05) is 11.4 Å². The molecule has 24 heavy (non-hydrogen) atoms. The number of nitrogens with zero attached hydrogens (tertiary/aromatic N) is 1. The zero-order chi connectivity index (χ0) is 16.5. The highest BCUT2D eigenvalue weighted by atomic mass is 32.2. The summed E-state index contributed by atoms with van der Waals surface area (Å²) < 4.78 is 5.83. The van der Waals surface area contributed by atoms with Crippen LogP contribution in [0.5, 0.6) is 0 Å². The van der Waals surface area contributed by atoms with Gasteiger partial charge in [0.2, 0.25) is 0 Å². The lowest BCUT2D eigenvalue weighted by Gasteiger charge is -2.04. The molecule has 0 aliphatic carbocycles. The van der Waals surface area contributed by atoms with Crippen LogP contribution in [0, 0.1) is 0 Å². The number of aromatic nitrogens is 1. The maximum atomic E-state index is 11.6. The molecule has 1 fully saturated rings. The molecule has 0 atom stereocenters. The van der Waals surface area contributed by atoms with Crippen LogP contribution in [0.4, 0.5) is 10.5 Å². The van der Waals surface area contributed by atoms with Crippen LogP contribution < -0.4 is 10.6 Å². The van der Waals surface area contributed by atoms with E-state index in [4.69, 9.17) is 4.42 Å². The Hall–Kier alpha value is -2.58. The Bertz CT molecular complexity index is 960. The molecule has 0 saturated carbocycles. The van der Waals surface area contributed by atoms with Crippen LogP contribution in [0.15, 0.2) is 45.3 Å². The van der Waals surface area contributed by atoms with Crippen molar-refractivity contribution in [1.82, 2.24) is 10.3 Å². The van der Waals surface area contributed by atoms with Gasteiger partial charge < -0.3 is 9.73 Å².